The second-order valence-electron chi connectivity index (χ2n) is 9.28. The summed E-state index contributed by atoms with van der Waals surface area (Å²) < 4.78 is 6.20. The standard InChI is InChI=1S/C20H30O2/c1-12(2)14-6-8-18(4)15(14)10-13(3)11-17(21)20-16(18)7-9-19(20,5)22-20/h11-12,14-16H,6-10H2,1-5H3/b13-11-/t14-,15-,16+,18+,19-,20-/m0/s1. The molecule has 1 aliphatic heterocycles. The fourth-order valence-corrected chi connectivity index (χ4v) is 6.61. The van der Waals surface area contributed by atoms with Crippen LogP contribution in [0.3, 0.4) is 0 Å². The lowest BCUT2D eigenvalue weighted by Gasteiger charge is -2.44. The van der Waals surface area contributed by atoms with Crippen LogP contribution in [0.4, 0.5) is 0 Å². The molecule has 0 bridgehead atoms. The summed E-state index contributed by atoms with van der Waals surface area (Å²) in [6.07, 6.45) is 7.86. The fourth-order valence-electron chi connectivity index (χ4n) is 6.61. The summed E-state index contributed by atoms with van der Waals surface area (Å²) in [5.41, 5.74) is 0.889. The van der Waals surface area contributed by atoms with Crippen LogP contribution < -0.4 is 0 Å². The second kappa shape index (κ2) is 4.26. The number of allylic oxidation sites excluding steroid dienone is 1. The van der Waals surface area contributed by atoms with Gasteiger partial charge in [0, 0.05) is 5.92 Å². The summed E-state index contributed by atoms with van der Waals surface area (Å²) in [6.45, 7) is 11.6. The molecule has 3 fully saturated rings. The van der Waals surface area contributed by atoms with Gasteiger partial charge < -0.3 is 4.74 Å². The third-order valence-corrected chi connectivity index (χ3v) is 7.85. The summed E-state index contributed by atoms with van der Waals surface area (Å²) in [4.78, 5) is 13.0. The maximum absolute atomic E-state index is 13.0. The van der Waals surface area contributed by atoms with Crippen molar-refractivity contribution >= 4 is 5.78 Å². The Labute approximate surface area is 134 Å². The second-order valence-corrected chi connectivity index (χ2v) is 9.28. The summed E-state index contributed by atoms with van der Waals surface area (Å²) in [5.74, 6) is 2.94. The fraction of sp³-hybridized carbons (Fsp3) is 0.850. The highest BCUT2D eigenvalue weighted by Gasteiger charge is 2.80. The molecule has 1 spiro atoms. The Kier molecular flexibility index (Phi) is 2.89. The van der Waals surface area contributed by atoms with Crippen molar-refractivity contribution in [1.82, 2.24) is 0 Å². The topological polar surface area (TPSA) is 29.6 Å². The molecule has 0 aromatic rings. The Morgan fingerprint density at radius 3 is 2.59 bits per heavy atom. The highest BCUT2D eigenvalue weighted by atomic mass is 16.6. The molecule has 3 aliphatic carbocycles. The first kappa shape index (κ1) is 14.9. The van der Waals surface area contributed by atoms with Crippen molar-refractivity contribution in [3.05, 3.63) is 11.6 Å². The molecule has 22 heavy (non-hydrogen) atoms. The van der Waals surface area contributed by atoms with E-state index in [4.69, 9.17) is 4.74 Å². The highest BCUT2D eigenvalue weighted by molar-refractivity contribution is 6.02. The van der Waals surface area contributed by atoms with Gasteiger partial charge in [-0.3, -0.25) is 4.79 Å². The zero-order valence-electron chi connectivity index (χ0n) is 14.7. The van der Waals surface area contributed by atoms with E-state index < -0.39 is 5.60 Å². The average Bonchev–Trinajstić information content (AvgIpc) is 2.74. The quantitative estimate of drug-likeness (QED) is 0.666. The number of ether oxygens (including phenoxy) is 1. The minimum atomic E-state index is -0.479. The third kappa shape index (κ3) is 1.58. The minimum Gasteiger partial charge on any atom is -0.354 e. The molecule has 2 nitrogen and oxygen atoms in total. The van der Waals surface area contributed by atoms with Crippen LogP contribution in [0, 0.1) is 29.1 Å². The Hall–Kier alpha value is -0.630. The Morgan fingerprint density at radius 2 is 1.95 bits per heavy atom. The third-order valence-electron chi connectivity index (χ3n) is 7.85. The van der Waals surface area contributed by atoms with Gasteiger partial charge in [-0.1, -0.05) is 26.3 Å². The van der Waals surface area contributed by atoms with Gasteiger partial charge in [0.15, 0.2) is 11.4 Å². The van der Waals surface area contributed by atoms with Crippen LogP contribution in [0.25, 0.3) is 0 Å². The lowest BCUT2D eigenvalue weighted by molar-refractivity contribution is -0.124. The van der Waals surface area contributed by atoms with Gasteiger partial charge >= 0.3 is 0 Å². The first-order valence-corrected chi connectivity index (χ1v) is 9.16. The number of fused-ring (bicyclic) bond motifs is 2. The van der Waals surface area contributed by atoms with Crippen molar-refractivity contribution in [3.8, 4) is 0 Å². The number of hydrogen-bond donors (Lipinski definition) is 0. The Balaban J connectivity index is 1.83. The minimum absolute atomic E-state index is 0.174. The molecule has 0 aromatic carbocycles. The van der Waals surface area contributed by atoms with Gasteiger partial charge in [0.2, 0.25) is 0 Å². The number of carbonyl (C=O) groups is 1. The molecule has 0 amide bonds. The molecule has 0 unspecified atom stereocenters. The van der Waals surface area contributed by atoms with Gasteiger partial charge in [0.05, 0.1) is 0 Å². The molecule has 0 N–H and O–H groups in total. The van der Waals surface area contributed by atoms with Crippen molar-refractivity contribution in [2.75, 3.05) is 0 Å². The van der Waals surface area contributed by atoms with Crippen LogP contribution in [-0.4, -0.2) is 17.0 Å². The van der Waals surface area contributed by atoms with E-state index in [0.717, 1.165) is 24.7 Å². The number of hydrogen-bond acceptors (Lipinski definition) is 2. The number of rotatable bonds is 1. The van der Waals surface area contributed by atoms with E-state index in [1.165, 1.54) is 24.8 Å². The first-order chi connectivity index (χ1) is 10.2. The molecule has 2 heteroatoms. The molecular weight excluding hydrogens is 272 g/mol. The van der Waals surface area contributed by atoms with Crippen LogP contribution in [0.2, 0.25) is 0 Å². The molecule has 1 heterocycles. The normalized spacial score (nSPS) is 55.8. The first-order valence-electron chi connectivity index (χ1n) is 9.16. The van der Waals surface area contributed by atoms with E-state index in [-0.39, 0.29) is 16.8 Å². The van der Waals surface area contributed by atoms with Gasteiger partial charge in [-0.15, -0.1) is 0 Å². The summed E-state index contributed by atoms with van der Waals surface area (Å²) in [5, 5.41) is 0. The van der Waals surface area contributed by atoms with Crippen molar-refractivity contribution in [2.45, 2.75) is 77.9 Å². The van der Waals surface area contributed by atoms with Crippen LogP contribution in [0.5, 0.6) is 0 Å². The smallest absolute Gasteiger partial charge is 0.190 e. The SMILES string of the molecule is C/C1=C/C(=O)[C@]23O[C@@]2(C)CC[C@@H]3[C@]2(C)CC[C@@H](C(C)C)[C@@H]2C1. The van der Waals surface area contributed by atoms with Gasteiger partial charge in [-0.2, -0.15) is 0 Å². The van der Waals surface area contributed by atoms with Crippen molar-refractivity contribution in [1.29, 1.82) is 0 Å². The molecule has 6 atom stereocenters. The number of ketones is 1. The van der Waals surface area contributed by atoms with E-state index in [0.29, 0.717) is 11.8 Å². The zero-order chi connectivity index (χ0) is 15.9. The molecule has 2 saturated carbocycles. The predicted molar refractivity (Wildman–Crippen MR) is 87.5 cm³/mol. The van der Waals surface area contributed by atoms with Crippen molar-refractivity contribution in [2.24, 2.45) is 29.1 Å². The Morgan fingerprint density at radius 1 is 1.23 bits per heavy atom. The predicted octanol–water partition coefficient (Wildman–Crippen LogP) is 4.53. The molecule has 122 valence electrons. The lowest BCUT2D eigenvalue weighted by atomic mass is 9.59. The average molecular weight is 302 g/mol. The highest BCUT2D eigenvalue weighted by Crippen LogP contribution is 2.72. The van der Waals surface area contributed by atoms with Crippen LogP contribution in [0.15, 0.2) is 11.6 Å². The van der Waals surface area contributed by atoms with E-state index in [1.807, 2.05) is 6.08 Å². The van der Waals surface area contributed by atoms with Crippen molar-refractivity contribution in [3.63, 3.8) is 0 Å². The number of carbonyl (C=O) groups excluding carboxylic acids is 1. The summed E-state index contributed by atoms with van der Waals surface area (Å²) >= 11 is 0. The maximum atomic E-state index is 13.0. The largest absolute Gasteiger partial charge is 0.354 e. The summed E-state index contributed by atoms with van der Waals surface area (Å²) in [7, 11) is 0. The van der Waals surface area contributed by atoms with Gasteiger partial charge in [0.25, 0.3) is 0 Å². The lowest BCUT2D eigenvalue weighted by Crippen LogP contribution is -2.46. The van der Waals surface area contributed by atoms with Crippen molar-refractivity contribution < 1.29 is 9.53 Å². The zero-order valence-corrected chi connectivity index (χ0v) is 14.7. The summed E-state index contributed by atoms with van der Waals surface area (Å²) in [6, 6.07) is 0. The molecule has 4 aliphatic rings. The maximum Gasteiger partial charge on any atom is 0.190 e. The van der Waals surface area contributed by atoms with Crippen LogP contribution in [0.1, 0.15) is 66.7 Å². The Bertz CT molecular complexity index is 562. The van der Waals surface area contributed by atoms with Crippen LogP contribution in [-0.2, 0) is 9.53 Å². The van der Waals surface area contributed by atoms with Crippen LogP contribution >= 0.6 is 0 Å². The monoisotopic (exact) mass is 302 g/mol. The molecule has 1 saturated heterocycles. The van der Waals surface area contributed by atoms with Gasteiger partial charge in [-0.25, -0.2) is 0 Å². The van der Waals surface area contributed by atoms with E-state index in [1.54, 1.807) is 0 Å². The van der Waals surface area contributed by atoms with Gasteiger partial charge in [0.1, 0.15) is 5.60 Å². The molecule has 4 rings (SSSR count). The van der Waals surface area contributed by atoms with Gasteiger partial charge in [-0.05, 0) is 75.2 Å². The van der Waals surface area contributed by atoms with E-state index in [9.17, 15) is 4.79 Å². The number of epoxide rings is 1. The molecular formula is C20H30O2. The molecule has 0 aromatic heterocycles. The molecule has 0 radical (unpaired) electrons. The van der Waals surface area contributed by atoms with E-state index in [2.05, 4.69) is 34.6 Å². The van der Waals surface area contributed by atoms with E-state index >= 15 is 0 Å².